The first kappa shape index (κ1) is 20.3. The van der Waals surface area contributed by atoms with E-state index in [-0.39, 0.29) is 17.7 Å². The second-order valence-electron chi connectivity index (χ2n) is 7.24. The highest BCUT2D eigenvalue weighted by molar-refractivity contribution is 5.95. The van der Waals surface area contributed by atoms with Gasteiger partial charge in [-0.2, -0.15) is 0 Å². The Morgan fingerprint density at radius 3 is 2.87 bits per heavy atom. The average molecular weight is 417 g/mol. The van der Waals surface area contributed by atoms with E-state index in [1.54, 1.807) is 60.2 Å². The fourth-order valence-electron chi connectivity index (χ4n) is 3.44. The van der Waals surface area contributed by atoms with Gasteiger partial charge in [0.05, 0.1) is 36.0 Å². The van der Waals surface area contributed by atoms with Crippen molar-refractivity contribution in [2.75, 3.05) is 18.4 Å². The summed E-state index contributed by atoms with van der Waals surface area (Å²) in [6, 6.07) is 10.8. The van der Waals surface area contributed by atoms with Gasteiger partial charge in [-0.1, -0.05) is 12.1 Å². The standard InChI is InChI=1S/C23H23N5O3/c29-22(10-9-18-13-25-16-26-18)28-12-4-5-17(15-28)23(30)27-20-7-1-2-8-21(20)31-19-6-3-11-24-14-19/h1-3,6-11,13-14,16-17H,4-5,12,15H2,(H,25,26)(H,27,30)/b10-9+/t17-/m0/s1. The van der Waals surface area contributed by atoms with Crippen LogP contribution in [0.5, 0.6) is 11.5 Å². The number of aromatic nitrogens is 3. The number of hydrogen-bond donors (Lipinski definition) is 2. The molecule has 2 amide bonds. The van der Waals surface area contributed by atoms with E-state index in [1.165, 1.54) is 6.08 Å². The molecule has 2 aromatic heterocycles. The van der Waals surface area contributed by atoms with Gasteiger partial charge in [0.25, 0.3) is 0 Å². The molecule has 31 heavy (non-hydrogen) atoms. The Hall–Kier alpha value is -3.94. The molecule has 1 fully saturated rings. The van der Waals surface area contributed by atoms with E-state index in [1.807, 2.05) is 12.1 Å². The summed E-state index contributed by atoms with van der Waals surface area (Å²) in [6.07, 6.45) is 11.2. The van der Waals surface area contributed by atoms with E-state index in [4.69, 9.17) is 4.74 Å². The van der Waals surface area contributed by atoms with Crippen LogP contribution in [0.4, 0.5) is 5.69 Å². The third-order valence-corrected chi connectivity index (χ3v) is 5.04. The van der Waals surface area contributed by atoms with Crippen LogP contribution in [0.1, 0.15) is 18.5 Å². The number of likely N-dealkylation sites (tertiary alicyclic amines) is 1. The quantitative estimate of drug-likeness (QED) is 0.598. The Labute approximate surface area is 180 Å². The zero-order valence-electron chi connectivity index (χ0n) is 16.9. The number of carbonyl (C=O) groups is 2. The van der Waals surface area contributed by atoms with Crippen LogP contribution in [0.15, 0.2) is 67.4 Å². The number of ether oxygens (including phenoxy) is 1. The van der Waals surface area contributed by atoms with Gasteiger partial charge in [-0.3, -0.25) is 14.6 Å². The van der Waals surface area contributed by atoms with Crippen molar-refractivity contribution in [2.45, 2.75) is 12.8 Å². The van der Waals surface area contributed by atoms with E-state index in [9.17, 15) is 9.59 Å². The number of imidazole rings is 1. The topological polar surface area (TPSA) is 100 Å². The van der Waals surface area contributed by atoms with E-state index in [0.29, 0.717) is 30.3 Å². The summed E-state index contributed by atoms with van der Waals surface area (Å²) in [7, 11) is 0. The Kier molecular flexibility index (Phi) is 6.37. The van der Waals surface area contributed by atoms with Crippen molar-refractivity contribution in [2.24, 2.45) is 5.92 Å². The van der Waals surface area contributed by atoms with Crippen LogP contribution in [-0.2, 0) is 9.59 Å². The highest BCUT2D eigenvalue weighted by Gasteiger charge is 2.28. The first-order valence-electron chi connectivity index (χ1n) is 10.1. The maximum absolute atomic E-state index is 12.9. The molecular weight excluding hydrogens is 394 g/mol. The number of para-hydroxylation sites is 2. The number of piperidine rings is 1. The van der Waals surface area contributed by atoms with Crippen molar-refractivity contribution in [3.05, 3.63) is 73.1 Å². The molecule has 0 radical (unpaired) electrons. The number of rotatable bonds is 6. The fourth-order valence-corrected chi connectivity index (χ4v) is 3.44. The first-order chi connectivity index (χ1) is 15.2. The van der Waals surface area contributed by atoms with Gasteiger partial charge < -0.3 is 19.9 Å². The van der Waals surface area contributed by atoms with Crippen LogP contribution in [-0.4, -0.2) is 44.8 Å². The predicted octanol–water partition coefficient (Wildman–Crippen LogP) is 3.49. The van der Waals surface area contributed by atoms with Gasteiger partial charge in [0.15, 0.2) is 5.75 Å². The summed E-state index contributed by atoms with van der Waals surface area (Å²) in [6.45, 7) is 1.01. The fraction of sp³-hybridized carbons (Fsp3) is 0.217. The summed E-state index contributed by atoms with van der Waals surface area (Å²) in [5.74, 6) is 0.590. The van der Waals surface area contributed by atoms with Gasteiger partial charge in [0.2, 0.25) is 11.8 Å². The molecule has 3 heterocycles. The maximum Gasteiger partial charge on any atom is 0.246 e. The molecule has 8 nitrogen and oxygen atoms in total. The zero-order chi connectivity index (χ0) is 21.5. The molecule has 0 aliphatic carbocycles. The van der Waals surface area contributed by atoms with Crippen LogP contribution in [0, 0.1) is 5.92 Å². The number of anilines is 1. The van der Waals surface area contributed by atoms with Crippen molar-refractivity contribution in [3.63, 3.8) is 0 Å². The van der Waals surface area contributed by atoms with Crippen LogP contribution >= 0.6 is 0 Å². The largest absolute Gasteiger partial charge is 0.454 e. The molecule has 1 saturated heterocycles. The molecule has 1 atom stereocenters. The molecule has 3 aromatic rings. The third-order valence-electron chi connectivity index (χ3n) is 5.04. The maximum atomic E-state index is 12.9. The number of hydrogen-bond acceptors (Lipinski definition) is 5. The van der Waals surface area contributed by atoms with Crippen molar-refractivity contribution >= 4 is 23.6 Å². The number of carbonyl (C=O) groups excluding carboxylic acids is 2. The summed E-state index contributed by atoms with van der Waals surface area (Å²) < 4.78 is 5.87. The molecule has 1 aliphatic heterocycles. The lowest BCUT2D eigenvalue weighted by molar-refractivity contribution is -0.130. The molecule has 4 rings (SSSR count). The van der Waals surface area contributed by atoms with Gasteiger partial charge in [-0.05, 0) is 43.2 Å². The number of H-pyrrole nitrogens is 1. The summed E-state index contributed by atoms with van der Waals surface area (Å²) in [4.78, 5) is 38.1. The number of amides is 2. The molecular formula is C23H23N5O3. The predicted molar refractivity (Wildman–Crippen MR) is 116 cm³/mol. The molecule has 1 aliphatic rings. The second-order valence-corrected chi connectivity index (χ2v) is 7.24. The molecule has 8 heteroatoms. The minimum Gasteiger partial charge on any atom is -0.454 e. The monoisotopic (exact) mass is 417 g/mol. The van der Waals surface area contributed by atoms with E-state index >= 15 is 0 Å². The van der Waals surface area contributed by atoms with Crippen LogP contribution in [0.2, 0.25) is 0 Å². The Balaban J connectivity index is 1.39. The summed E-state index contributed by atoms with van der Waals surface area (Å²) in [5, 5.41) is 2.96. The highest BCUT2D eigenvalue weighted by atomic mass is 16.5. The minimum absolute atomic E-state index is 0.118. The van der Waals surface area contributed by atoms with Gasteiger partial charge in [-0.25, -0.2) is 4.98 Å². The number of pyridine rings is 1. The van der Waals surface area contributed by atoms with Crippen LogP contribution < -0.4 is 10.1 Å². The van der Waals surface area contributed by atoms with E-state index < -0.39 is 0 Å². The van der Waals surface area contributed by atoms with Crippen molar-refractivity contribution in [1.29, 1.82) is 0 Å². The zero-order valence-corrected chi connectivity index (χ0v) is 16.9. The summed E-state index contributed by atoms with van der Waals surface area (Å²) in [5.41, 5.74) is 1.34. The molecule has 1 aromatic carbocycles. The lowest BCUT2D eigenvalue weighted by atomic mass is 9.97. The molecule has 0 spiro atoms. The van der Waals surface area contributed by atoms with Crippen molar-refractivity contribution in [1.82, 2.24) is 19.9 Å². The molecule has 2 N–H and O–H groups in total. The molecule has 0 saturated carbocycles. The Morgan fingerprint density at radius 1 is 1.16 bits per heavy atom. The minimum atomic E-state index is -0.287. The number of aromatic amines is 1. The second kappa shape index (κ2) is 9.71. The third kappa shape index (κ3) is 5.36. The average Bonchev–Trinajstić information content (AvgIpc) is 3.33. The number of benzene rings is 1. The van der Waals surface area contributed by atoms with Gasteiger partial charge in [0.1, 0.15) is 5.75 Å². The number of nitrogens with one attached hydrogen (secondary N) is 2. The first-order valence-corrected chi connectivity index (χ1v) is 10.1. The lowest BCUT2D eigenvalue weighted by Crippen LogP contribution is -2.43. The molecule has 0 bridgehead atoms. The summed E-state index contributed by atoms with van der Waals surface area (Å²) >= 11 is 0. The highest BCUT2D eigenvalue weighted by Crippen LogP contribution is 2.30. The van der Waals surface area contributed by atoms with Crippen LogP contribution in [0.3, 0.4) is 0 Å². The normalized spacial score (nSPS) is 16.3. The Morgan fingerprint density at radius 2 is 2.06 bits per heavy atom. The van der Waals surface area contributed by atoms with E-state index in [2.05, 4.69) is 20.3 Å². The van der Waals surface area contributed by atoms with Gasteiger partial charge in [-0.15, -0.1) is 0 Å². The van der Waals surface area contributed by atoms with Crippen molar-refractivity contribution < 1.29 is 14.3 Å². The molecule has 0 unspecified atom stereocenters. The lowest BCUT2D eigenvalue weighted by Gasteiger charge is -2.31. The van der Waals surface area contributed by atoms with Crippen LogP contribution in [0.25, 0.3) is 6.08 Å². The van der Waals surface area contributed by atoms with Gasteiger partial charge in [0, 0.05) is 25.4 Å². The van der Waals surface area contributed by atoms with Crippen molar-refractivity contribution in [3.8, 4) is 11.5 Å². The molecule has 158 valence electrons. The SMILES string of the molecule is O=C(Nc1ccccc1Oc1cccnc1)[C@H]1CCCN(C(=O)/C=C/c2cnc[nH]2)C1. The van der Waals surface area contributed by atoms with E-state index in [0.717, 1.165) is 18.5 Å². The Bertz CT molecular complexity index is 1050. The smallest absolute Gasteiger partial charge is 0.246 e. The van der Waals surface area contributed by atoms with Gasteiger partial charge >= 0.3 is 0 Å². The number of nitrogens with zero attached hydrogens (tertiary/aromatic N) is 3.